The quantitative estimate of drug-likeness (QED) is 0.576. The van der Waals surface area contributed by atoms with Crippen molar-refractivity contribution < 1.29 is 23.0 Å². The van der Waals surface area contributed by atoms with E-state index in [0.717, 1.165) is 0 Å². The van der Waals surface area contributed by atoms with E-state index in [9.17, 15) is 18.3 Å². The first-order valence-corrected chi connectivity index (χ1v) is 10.7. The van der Waals surface area contributed by atoms with Gasteiger partial charge in [-0.05, 0) is 39.0 Å². The summed E-state index contributed by atoms with van der Waals surface area (Å²) in [4.78, 5) is 24.7. The van der Waals surface area contributed by atoms with Crippen LogP contribution in [0.1, 0.15) is 36.8 Å². The molecule has 1 aromatic heterocycles. The number of amides is 1. The number of nitrogens with zero attached hydrogens (tertiary/aromatic N) is 3. The van der Waals surface area contributed by atoms with Gasteiger partial charge in [-0.3, -0.25) is 18.9 Å². The molecule has 2 heterocycles. The van der Waals surface area contributed by atoms with Crippen molar-refractivity contribution >= 4 is 28.0 Å². The zero-order chi connectivity index (χ0) is 22.3. The Hall–Kier alpha value is -2.76. The summed E-state index contributed by atoms with van der Waals surface area (Å²) in [5.41, 5.74) is 5.10. The van der Waals surface area contributed by atoms with Crippen molar-refractivity contribution in [1.29, 1.82) is 0 Å². The normalized spacial score (nSPS) is 23.2. The molecule has 0 saturated heterocycles. The van der Waals surface area contributed by atoms with E-state index in [2.05, 4.69) is 20.3 Å². The molecule has 11 heteroatoms. The number of halogens is 1. The lowest BCUT2D eigenvalue weighted by Gasteiger charge is -2.53. The Morgan fingerprint density at radius 3 is 2.53 bits per heavy atom. The van der Waals surface area contributed by atoms with E-state index in [-0.39, 0.29) is 34.4 Å². The van der Waals surface area contributed by atoms with Crippen molar-refractivity contribution in [1.82, 2.24) is 9.97 Å². The van der Waals surface area contributed by atoms with E-state index in [1.54, 1.807) is 20.8 Å². The summed E-state index contributed by atoms with van der Waals surface area (Å²) < 4.78 is 39.7. The average Bonchev–Trinajstić information content (AvgIpc) is 2.67. The molecule has 0 fully saturated rings. The van der Waals surface area contributed by atoms with Gasteiger partial charge in [0, 0.05) is 11.3 Å². The molecule has 0 spiro atoms. The summed E-state index contributed by atoms with van der Waals surface area (Å²) in [6.45, 7) is 4.75. The molecule has 0 unspecified atom stereocenters. The standard InChI is InChI=1S/C19H24FN5O4S/c1-18(2)17(21)25-19(3,10-30(18,27)28)12-7-11(5-6-13(12)20)24-16(26)14-8-23-15(29-4)9-22-14/h5-9,27-28H,10H2,1-4H3,(H2,21,25)(H,24,26)/t19-/m0/s1. The number of rotatable bonds is 4. The molecule has 3 rings (SSSR count). The number of benzene rings is 1. The van der Waals surface area contributed by atoms with Crippen molar-refractivity contribution in [3.8, 4) is 5.88 Å². The van der Waals surface area contributed by atoms with Crippen LogP contribution in [0.15, 0.2) is 35.6 Å². The molecular weight excluding hydrogens is 413 g/mol. The molecule has 1 amide bonds. The first kappa shape index (κ1) is 21.9. The monoisotopic (exact) mass is 437 g/mol. The molecule has 0 bridgehead atoms. The molecule has 162 valence electrons. The summed E-state index contributed by atoms with van der Waals surface area (Å²) in [5.74, 6) is -1.07. The van der Waals surface area contributed by atoms with Gasteiger partial charge in [0.1, 0.15) is 27.6 Å². The topological polar surface area (TPSA) is 143 Å². The SMILES string of the molecule is COc1cnc(C(=O)Nc2ccc(F)c([C@]3(C)CS(O)(O)C(C)(C)C(N)=N3)c2)cn1. The van der Waals surface area contributed by atoms with Gasteiger partial charge >= 0.3 is 0 Å². The molecule has 30 heavy (non-hydrogen) atoms. The Morgan fingerprint density at radius 1 is 1.27 bits per heavy atom. The van der Waals surface area contributed by atoms with Crippen molar-refractivity contribution in [3.05, 3.63) is 47.7 Å². The van der Waals surface area contributed by atoms with Gasteiger partial charge in [-0.15, -0.1) is 0 Å². The average molecular weight is 437 g/mol. The van der Waals surface area contributed by atoms with Gasteiger partial charge in [0.05, 0.1) is 25.3 Å². The lowest BCUT2D eigenvalue weighted by molar-refractivity contribution is 0.102. The van der Waals surface area contributed by atoms with Crippen LogP contribution < -0.4 is 15.8 Å². The Labute approximate surface area is 174 Å². The summed E-state index contributed by atoms with van der Waals surface area (Å²) in [7, 11) is -1.78. The van der Waals surface area contributed by atoms with Crippen LogP contribution in [0.4, 0.5) is 10.1 Å². The van der Waals surface area contributed by atoms with Crippen LogP contribution in [0, 0.1) is 5.82 Å². The fourth-order valence-corrected chi connectivity index (χ4v) is 4.81. The second-order valence-corrected chi connectivity index (χ2v) is 10.3. The van der Waals surface area contributed by atoms with Crippen LogP contribution >= 0.6 is 10.6 Å². The number of carbonyl (C=O) groups is 1. The Balaban J connectivity index is 1.93. The Morgan fingerprint density at radius 2 is 1.97 bits per heavy atom. The van der Waals surface area contributed by atoms with Crippen molar-refractivity contribution in [3.63, 3.8) is 0 Å². The molecular formula is C19H24FN5O4S. The molecule has 0 saturated carbocycles. The minimum atomic E-state index is -3.21. The molecule has 1 aromatic carbocycles. The van der Waals surface area contributed by atoms with E-state index < -0.39 is 32.6 Å². The highest BCUT2D eigenvalue weighted by Gasteiger charge is 2.49. The molecule has 1 aliphatic heterocycles. The predicted molar refractivity (Wildman–Crippen MR) is 114 cm³/mol. The molecule has 0 aliphatic carbocycles. The number of methoxy groups -OCH3 is 1. The first-order chi connectivity index (χ1) is 13.9. The second kappa shape index (κ2) is 7.49. The molecule has 2 aromatic rings. The number of anilines is 1. The molecule has 5 N–H and O–H groups in total. The number of aromatic nitrogens is 2. The smallest absolute Gasteiger partial charge is 0.275 e. The predicted octanol–water partition coefficient (Wildman–Crippen LogP) is 2.99. The number of nitrogens with one attached hydrogen (secondary N) is 1. The number of aliphatic imine (C=N–C) groups is 1. The van der Waals surface area contributed by atoms with Crippen molar-refractivity contribution in [2.24, 2.45) is 10.7 Å². The van der Waals surface area contributed by atoms with Crippen LogP contribution in [0.3, 0.4) is 0 Å². The number of nitrogens with two attached hydrogens (primary N) is 1. The Bertz CT molecular complexity index is 1010. The fourth-order valence-electron chi connectivity index (χ4n) is 3.06. The van der Waals surface area contributed by atoms with Crippen molar-refractivity contribution in [2.45, 2.75) is 31.1 Å². The third-order valence-corrected chi connectivity index (χ3v) is 7.97. The maximum Gasteiger partial charge on any atom is 0.275 e. The largest absolute Gasteiger partial charge is 0.480 e. The van der Waals surface area contributed by atoms with Gasteiger partial charge in [0.25, 0.3) is 5.91 Å². The van der Waals surface area contributed by atoms with Gasteiger partial charge in [0.2, 0.25) is 5.88 Å². The summed E-state index contributed by atoms with van der Waals surface area (Å²) >= 11 is 0. The van der Waals surface area contributed by atoms with Gasteiger partial charge in [-0.2, -0.15) is 10.6 Å². The van der Waals surface area contributed by atoms with Gasteiger partial charge in [-0.25, -0.2) is 14.4 Å². The van der Waals surface area contributed by atoms with Gasteiger partial charge < -0.3 is 15.8 Å². The number of hydrogen-bond acceptors (Lipinski definition) is 8. The number of amidine groups is 1. The first-order valence-electron chi connectivity index (χ1n) is 8.98. The maximum atomic E-state index is 14.7. The highest BCUT2D eigenvalue weighted by atomic mass is 32.3. The van der Waals surface area contributed by atoms with E-state index in [4.69, 9.17) is 10.5 Å². The van der Waals surface area contributed by atoms with Crippen LogP contribution in [-0.4, -0.2) is 48.4 Å². The zero-order valence-corrected chi connectivity index (χ0v) is 17.8. The van der Waals surface area contributed by atoms with Crippen LogP contribution in [0.25, 0.3) is 0 Å². The summed E-state index contributed by atoms with van der Waals surface area (Å²) in [6, 6.07) is 3.96. The van der Waals surface area contributed by atoms with Crippen LogP contribution in [0.2, 0.25) is 0 Å². The minimum absolute atomic E-state index is 0.0265. The molecule has 9 nitrogen and oxygen atoms in total. The van der Waals surface area contributed by atoms with Crippen LogP contribution in [-0.2, 0) is 5.54 Å². The zero-order valence-electron chi connectivity index (χ0n) is 17.0. The van der Waals surface area contributed by atoms with Crippen LogP contribution in [0.5, 0.6) is 5.88 Å². The van der Waals surface area contributed by atoms with E-state index in [1.807, 2.05) is 0 Å². The molecule has 0 radical (unpaired) electrons. The van der Waals surface area contributed by atoms with Crippen molar-refractivity contribution in [2.75, 3.05) is 18.2 Å². The molecule has 1 aliphatic rings. The van der Waals surface area contributed by atoms with Gasteiger partial charge in [0.15, 0.2) is 0 Å². The lowest BCUT2D eigenvalue weighted by atomic mass is 9.92. The highest BCUT2D eigenvalue weighted by Crippen LogP contribution is 2.59. The highest BCUT2D eigenvalue weighted by molar-refractivity contribution is 8.26. The second-order valence-electron chi connectivity index (χ2n) is 7.69. The van der Waals surface area contributed by atoms with E-state index in [1.165, 1.54) is 37.7 Å². The third-order valence-electron chi connectivity index (χ3n) is 5.16. The lowest BCUT2D eigenvalue weighted by Crippen LogP contribution is -2.52. The van der Waals surface area contributed by atoms with E-state index >= 15 is 0 Å². The van der Waals surface area contributed by atoms with E-state index in [0.29, 0.717) is 0 Å². The Kier molecular flexibility index (Phi) is 5.48. The number of carbonyl (C=O) groups excluding carboxylic acids is 1. The number of ether oxygens (including phenoxy) is 1. The minimum Gasteiger partial charge on any atom is -0.480 e. The van der Waals surface area contributed by atoms with Gasteiger partial charge in [-0.1, -0.05) is 0 Å². The maximum absolute atomic E-state index is 14.7. The summed E-state index contributed by atoms with van der Waals surface area (Å²) in [5, 5.41) is 2.62. The third kappa shape index (κ3) is 3.83. The fraction of sp³-hybridized carbons (Fsp3) is 0.368. The summed E-state index contributed by atoms with van der Waals surface area (Å²) in [6.07, 6.45) is 2.56. The molecule has 1 atom stereocenters. The number of hydrogen-bond donors (Lipinski definition) is 4.